The van der Waals surface area contributed by atoms with E-state index in [1.807, 2.05) is 6.07 Å². The number of hydrogen-bond acceptors (Lipinski definition) is 2. The van der Waals surface area contributed by atoms with Gasteiger partial charge in [-0.3, -0.25) is 0 Å². The lowest BCUT2D eigenvalue weighted by Gasteiger charge is -2.37. The normalized spacial score (nSPS) is 28.9. The van der Waals surface area contributed by atoms with E-state index >= 15 is 0 Å². The summed E-state index contributed by atoms with van der Waals surface area (Å²) in [6, 6.07) is 9.40. The van der Waals surface area contributed by atoms with Gasteiger partial charge in [-0.15, -0.1) is 0 Å². The molecule has 1 aromatic rings. The molecule has 0 radical (unpaired) electrons. The van der Waals surface area contributed by atoms with Gasteiger partial charge in [-0.05, 0) is 49.3 Å². The summed E-state index contributed by atoms with van der Waals surface area (Å²) in [6.07, 6.45) is 4.09. The molecule has 1 aliphatic rings. The van der Waals surface area contributed by atoms with Crippen LogP contribution in [0, 0.1) is 11.8 Å². The summed E-state index contributed by atoms with van der Waals surface area (Å²) in [7, 11) is 1.72. The van der Waals surface area contributed by atoms with E-state index < -0.39 is 0 Å². The van der Waals surface area contributed by atoms with Crippen LogP contribution in [0.4, 0.5) is 0 Å². The predicted molar refractivity (Wildman–Crippen MR) is 80.5 cm³/mol. The Labute approximate surface area is 117 Å². The fraction of sp³-hybridized carbons (Fsp3) is 0.647. The molecule has 1 fully saturated rings. The van der Waals surface area contributed by atoms with Crippen molar-refractivity contribution in [2.45, 2.75) is 52.1 Å². The highest BCUT2D eigenvalue weighted by molar-refractivity contribution is 5.30. The second kappa shape index (κ2) is 6.42. The van der Waals surface area contributed by atoms with Gasteiger partial charge < -0.3 is 10.1 Å². The zero-order valence-electron chi connectivity index (χ0n) is 12.6. The Morgan fingerprint density at radius 1 is 1.21 bits per heavy atom. The Morgan fingerprint density at radius 2 is 1.89 bits per heavy atom. The summed E-state index contributed by atoms with van der Waals surface area (Å²) < 4.78 is 5.31. The van der Waals surface area contributed by atoms with Gasteiger partial charge >= 0.3 is 0 Å². The summed E-state index contributed by atoms with van der Waals surface area (Å²) >= 11 is 0. The zero-order valence-corrected chi connectivity index (χ0v) is 12.6. The summed E-state index contributed by atoms with van der Waals surface area (Å²) in [5, 5.41) is 3.83. The van der Waals surface area contributed by atoms with Gasteiger partial charge in [0.05, 0.1) is 7.11 Å². The largest absolute Gasteiger partial charge is 0.497 e. The van der Waals surface area contributed by atoms with Crippen molar-refractivity contribution in [3.8, 4) is 5.75 Å². The Morgan fingerprint density at radius 3 is 2.53 bits per heavy atom. The van der Waals surface area contributed by atoms with Crippen molar-refractivity contribution in [1.29, 1.82) is 0 Å². The van der Waals surface area contributed by atoms with Gasteiger partial charge in [0.1, 0.15) is 5.75 Å². The molecule has 19 heavy (non-hydrogen) atoms. The first-order chi connectivity index (χ1) is 9.11. The van der Waals surface area contributed by atoms with E-state index in [1.54, 1.807) is 7.11 Å². The van der Waals surface area contributed by atoms with Gasteiger partial charge in [-0.25, -0.2) is 0 Å². The molecule has 2 heteroatoms. The Hall–Kier alpha value is -1.02. The molecule has 0 aliphatic heterocycles. The quantitative estimate of drug-likeness (QED) is 0.878. The Balaban J connectivity index is 2.04. The van der Waals surface area contributed by atoms with E-state index in [4.69, 9.17) is 4.74 Å². The lowest BCUT2D eigenvalue weighted by atomic mass is 9.78. The molecule has 2 rings (SSSR count). The first-order valence-corrected chi connectivity index (χ1v) is 7.51. The van der Waals surface area contributed by atoms with E-state index in [0.717, 1.165) is 17.6 Å². The predicted octanol–water partition coefficient (Wildman–Crippen LogP) is 4.17. The van der Waals surface area contributed by atoms with Crippen LogP contribution in [-0.4, -0.2) is 13.2 Å². The molecule has 106 valence electrons. The Kier molecular flexibility index (Phi) is 4.87. The van der Waals surface area contributed by atoms with Crippen LogP contribution < -0.4 is 10.1 Å². The third kappa shape index (κ3) is 3.50. The smallest absolute Gasteiger partial charge is 0.119 e. The third-order valence-electron chi connectivity index (χ3n) is 4.58. The van der Waals surface area contributed by atoms with Gasteiger partial charge in [-0.1, -0.05) is 32.4 Å². The molecule has 3 unspecified atom stereocenters. The van der Waals surface area contributed by atoms with Crippen molar-refractivity contribution in [1.82, 2.24) is 5.32 Å². The second-order valence-electron chi connectivity index (χ2n) is 6.08. The maximum absolute atomic E-state index is 5.31. The van der Waals surface area contributed by atoms with E-state index in [9.17, 15) is 0 Å². The molecule has 0 aromatic heterocycles. The van der Waals surface area contributed by atoms with E-state index in [1.165, 1.54) is 24.8 Å². The van der Waals surface area contributed by atoms with Gasteiger partial charge in [0, 0.05) is 12.1 Å². The van der Waals surface area contributed by atoms with E-state index in [2.05, 4.69) is 44.3 Å². The van der Waals surface area contributed by atoms with Crippen LogP contribution in [0.5, 0.6) is 5.75 Å². The fourth-order valence-electron chi connectivity index (χ4n) is 3.31. The summed E-state index contributed by atoms with van der Waals surface area (Å²) in [4.78, 5) is 0. The van der Waals surface area contributed by atoms with Crippen molar-refractivity contribution in [3.63, 3.8) is 0 Å². The maximum atomic E-state index is 5.31. The second-order valence-corrected chi connectivity index (χ2v) is 6.08. The first-order valence-electron chi connectivity index (χ1n) is 7.51. The minimum atomic E-state index is 0.378. The zero-order chi connectivity index (χ0) is 13.8. The van der Waals surface area contributed by atoms with Crippen molar-refractivity contribution in [2.24, 2.45) is 11.8 Å². The number of hydrogen-bond donors (Lipinski definition) is 1. The number of benzene rings is 1. The minimum absolute atomic E-state index is 0.378. The van der Waals surface area contributed by atoms with E-state index in [-0.39, 0.29) is 0 Å². The van der Waals surface area contributed by atoms with Crippen LogP contribution in [0.3, 0.4) is 0 Å². The molecular formula is C17H27NO. The highest BCUT2D eigenvalue weighted by atomic mass is 16.5. The SMILES string of the molecule is COc1cccc(C(C)NC2C(C)CCCC2C)c1. The maximum Gasteiger partial charge on any atom is 0.119 e. The topological polar surface area (TPSA) is 21.3 Å². The van der Waals surface area contributed by atoms with Crippen LogP contribution in [0.25, 0.3) is 0 Å². The molecule has 1 saturated carbocycles. The van der Waals surface area contributed by atoms with Gasteiger partial charge in [-0.2, -0.15) is 0 Å². The number of methoxy groups -OCH3 is 1. The van der Waals surface area contributed by atoms with Crippen molar-refractivity contribution in [3.05, 3.63) is 29.8 Å². The standard InChI is InChI=1S/C17H27NO/c1-12-7-5-8-13(2)17(12)18-14(3)15-9-6-10-16(11-15)19-4/h6,9-14,17-18H,5,7-8H2,1-4H3. The number of ether oxygens (including phenoxy) is 1. The van der Waals surface area contributed by atoms with Gasteiger partial charge in [0.2, 0.25) is 0 Å². The van der Waals surface area contributed by atoms with Crippen molar-refractivity contribution in [2.75, 3.05) is 7.11 Å². The lowest BCUT2D eigenvalue weighted by Crippen LogP contribution is -2.43. The van der Waals surface area contributed by atoms with Crippen LogP contribution in [-0.2, 0) is 0 Å². The lowest BCUT2D eigenvalue weighted by molar-refractivity contribution is 0.196. The summed E-state index contributed by atoms with van der Waals surface area (Å²) in [5.74, 6) is 2.49. The van der Waals surface area contributed by atoms with Crippen LogP contribution in [0.15, 0.2) is 24.3 Å². The molecule has 1 N–H and O–H groups in total. The van der Waals surface area contributed by atoms with Crippen molar-refractivity contribution >= 4 is 0 Å². The molecule has 0 bridgehead atoms. The van der Waals surface area contributed by atoms with Gasteiger partial charge in [0.15, 0.2) is 0 Å². The monoisotopic (exact) mass is 261 g/mol. The van der Waals surface area contributed by atoms with Crippen LogP contribution in [0.1, 0.15) is 51.6 Å². The third-order valence-corrected chi connectivity index (χ3v) is 4.58. The molecule has 1 aromatic carbocycles. The number of rotatable bonds is 4. The molecule has 3 atom stereocenters. The summed E-state index contributed by atoms with van der Waals surface area (Å²) in [5.41, 5.74) is 1.31. The van der Waals surface area contributed by atoms with E-state index in [0.29, 0.717) is 12.1 Å². The van der Waals surface area contributed by atoms with Crippen molar-refractivity contribution < 1.29 is 4.74 Å². The highest BCUT2D eigenvalue weighted by Crippen LogP contribution is 2.31. The molecule has 0 spiro atoms. The average Bonchev–Trinajstić information content (AvgIpc) is 2.43. The summed E-state index contributed by atoms with van der Waals surface area (Å²) in [6.45, 7) is 7.01. The fourth-order valence-corrected chi connectivity index (χ4v) is 3.31. The van der Waals surface area contributed by atoms with Gasteiger partial charge in [0.25, 0.3) is 0 Å². The Bertz CT molecular complexity index is 394. The molecule has 0 heterocycles. The molecular weight excluding hydrogens is 234 g/mol. The number of nitrogens with one attached hydrogen (secondary N) is 1. The first kappa shape index (κ1) is 14.4. The molecule has 1 aliphatic carbocycles. The molecule has 2 nitrogen and oxygen atoms in total. The highest BCUT2D eigenvalue weighted by Gasteiger charge is 2.28. The molecule has 0 amide bonds. The van der Waals surface area contributed by atoms with Crippen LogP contribution >= 0.6 is 0 Å². The van der Waals surface area contributed by atoms with Crippen LogP contribution in [0.2, 0.25) is 0 Å². The average molecular weight is 261 g/mol. The minimum Gasteiger partial charge on any atom is -0.497 e. The molecule has 0 saturated heterocycles.